The lowest BCUT2D eigenvalue weighted by Crippen LogP contribution is -2.27. The van der Waals surface area contributed by atoms with Crippen LogP contribution >= 0.6 is 0 Å². The van der Waals surface area contributed by atoms with Gasteiger partial charge in [-0.1, -0.05) is 51.1 Å². The Labute approximate surface area is 164 Å². The largest absolute Gasteiger partial charge is 0.394 e. The van der Waals surface area contributed by atoms with Gasteiger partial charge < -0.3 is 15.4 Å². The predicted octanol–water partition coefficient (Wildman–Crippen LogP) is 2.07. The normalized spacial score (nSPS) is 13.6. The number of benzene rings is 1. The Kier molecular flexibility index (Phi) is 5.40. The lowest BCUT2D eigenvalue weighted by Gasteiger charge is -2.18. The van der Waals surface area contributed by atoms with Gasteiger partial charge in [0.25, 0.3) is 5.16 Å². The number of rotatable bonds is 6. The highest BCUT2D eigenvalue weighted by atomic mass is 32.2. The summed E-state index contributed by atoms with van der Waals surface area (Å²) in [6.45, 7) is 5.84. The van der Waals surface area contributed by atoms with Gasteiger partial charge in [0, 0.05) is 11.7 Å². The number of hydrogen-bond acceptors (Lipinski definition) is 7. The van der Waals surface area contributed by atoms with Crippen molar-refractivity contribution in [2.24, 2.45) is 0 Å². The van der Waals surface area contributed by atoms with Crippen molar-refractivity contribution in [1.82, 2.24) is 19.9 Å². The summed E-state index contributed by atoms with van der Waals surface area (Å²) < 4.78 is 24.1. The first kappa shape index (κ1) is 20.2. The molecule has 3 rings (SSSR count). The molecule has 1 aromatic carbocycles. The van der Waals surface area contributed by atoms with Crippen LogP contribution in [0, 0.1) is 0 Å². The van der Waals surface area contributed by atoms with Crippen molar-refractivity contribution in [1.29, 1.82) is 0 Å². The molecule has 0 unspecified atom stereocenters. The number of imidazole rings is 1. The predicted molar refractivity (Wildman–Crippen MR) is 108 cm³/mol. The monoisotopic (exact) mass is 403 g/mol. The molecule has 0 amide bonds. The highest BCUT2D eigenvalue weighted by molar-refractivity contribution is 7.90. The van der Waals surface area contributed by atoms with Crippen LogP contribution in [0.3, 0.4) is 0 Å². The van der Waals surface area contributed by atoms with Crippen LogP contribution in [0.15, 0.2) is 35.5 Å². The maximum atomic E-state index is 12.0. The SMILES string of the molecule is CC(C)(C)c1nc2nc(S(C)(=O)=O)nc(N[C@@H](CO)Cc3ccccc3)c2[nH]1. The molecule has 0 fully saturated rings. The van der Waals surface area contributed by atoms with Gasteiger partial charge in [0.05, 0.1) is 12.6 Å². The number of aromatic nitrogens is 4. The third-order valence-corrected chi connectivity index (χ3v) is 5.10. The van der Waals surface area contributed by atoms with Gasteiger partial charge in [-0.3, -0.25) is 0 Å². The molecular formula is C19H25N5O3S. The smallest absolute Gasteiger partial charge is 0.250 e. The number of nitrogens with one attached hydrogen (secondary N) is 2. The minimum atomic E-state index is -3.62. The average Bonchev–Trinajstić information content (AvgIpc) is 3.06. The second-order valence-electron chi connectivity index (χ2n) is 7.87. The van der Waals surface area contributed by atoms with Gasteiger partial charge in [-0.25, -0.2) is 13.4 Å². The van der Waals surface area contributed by atoms with Crippen LogP contribution in [-0.2, 0) is 21.7 Å². The van der Waals surface area contributed by atoms with E-state index in [-0.39, 0.29) is 28.9 Å². The van der Waals surface area contributed by atoms with E-state index >= 15 is 0 Å². The molecule has 0 aliphatic rings. The molecule has 1 atom stereocenters. The van der Waals surface area contributed by atoms with Gasteiger partial charge in [0.1, 0.15) is 11.3 Å². The zero-order chi connectivity index (χ0) is 20.5. The van der Waals surface area contributed by atoms with E-state index in [1.807, 2.05) is 51.1 Å². The maximum absolute atomic E-state index is 12.0. The first-order valence-electron chi connectivity index (χ1n) is 8.97. The summed E-state index contributed by atoms with van der Waals surface area (Å²) in [5.41, 5.74) is 1.56. The van der Waals surface area contributed by atoms with Crippen LogP contribution in [0.4, 0.5) is 5.82 Å². The van der Waals surface area contributed by atoms with Crippen LogP contribution in [0.1, 0.15) is 32.2 Å². The number of aliphatic hydroxyl groups excluding tert-OH is 1. The maximum Gasteiger partial charge on any atom is 0.250 e. The van der Waals surface area contributed by atoms with Crippen LogP contribution in [0.5, 0.6) is 0 Å². The third kappa shape index (κ3) is 4.48. The third-order valence-electron chi connectivity index (χ3n) is 4.26. The molecule has 9 heteroatoms. The van der Waals surface area contributed by atoms with Crippen LogP contribution in [-0.4, -0.2) is 52.4 Å². The molecule has 3 aromatic rings. The van der Waals surface area contributed by atoms with E-state index in [9.17, 15) is 13.5 Å². The van der Waals surface area contributed by atoms with Gasteiger partial charge >= 0.3 is 0 Å². The van der Waals surface area contributed by atoms with Crippen LogP contribution in [0.25, 0.3) is 11.2 Å². The Hall–Kier alpha value is -2.52. The minimum absolute atomic E-state index is 0.144. The van der Waals surface area contributed by atoms with Gasteiger partial charge in [-0.05, 0) is 12.0 Å². The van der Waals surface area contributed by atoms with Crippen molar-refractivity contribution in [3.63, 3.8) is 0 Å². The minimum Gasteiger partial charge on any atom is -0.394 e. The molecule has 0 aliphatic heterocycles. The summed E-state index contributed by atoms with van der Waals surface area (Å²) in [5.74, 6) is 0.984. The Bertz CT molecular complexity index is 1070. The second-order valence-corrected chi connectivity index (χ2v) is 9.78. The summed E-state index contributed by atoms with van der Waals surface area (Å²) in [4.78, 5) is 16.0. The quantitative estimate of drug-likeness (QED) is 0.539. The Morgan fingerprint density at radius 3 is 2.39 bits per heavy atom. The van der Waals surface area contributed by atoms with E-state index in [0.29, 0.717) is 23.6 Å². The number of H-pyrrole nitrogens is 1. The highest BCUT2D eigenvalue weighted by Gasteiger charge is 2.24. The molecule has 28 heavy (non-hydrogen) atoms. The number of aromatic amines is 1. The van der Waals surface area contributed by atoms with Crippen molar-refractivity contribution >= 4 is 26.8 Å². The molecule has 2 heterocycles. The molecule has 2 aromatic heterocycles. The molecule has 0 aliphatic carbocycles. The van der Waals surface area contributed by atoms with E-state index in [1.54, 1.807) is 0 Å². The van der Waals surface area contributed by atoms with Crippen molar-refractivity contribution in [3.8, 4) is 0 Å². The zero-order valence-electron chi connectivity index (χ0n) is 16.4. The Morgan fingerprint density at radius 1 is 1.14 bits per heavy atom. The summed E-state index contributed by atoms with van der Waals surface area (Å²) in [6, 6.07) is 9.37. The number of hydrogen-bond donors (Lipinski definition) is 3. The molecule has 8 nitrogen and oxygen atoms in total. The summed E-state index contributed by atoms with van der Waals surface area (Å²) in [5, 5.41) is 12.7. The van der Waals surface area contributed by atoms with E-state index in [4.69, 9.17) is 0 Å². The molecule has 150 valence electrons. The molecule has 3 N–H and O–H groups in total. The van der Waals surface area contributed by atoms with E-state index < -0.39 is 9.84 Å². The van der Waals surface area contributed by atoms with E-state index in [1.165, 1.54) is 0 Å². The molecule has 0 radical (unpaired) electrons. The van der Waals surface area contributed by atoms with Gasteiger partial charge in [0.2, 0.25) is 9.84 Å². The fraction of sp³-hybridized carbons (Fsp3) is 0.421. The first-order chi connectivity index (χ1) is 13.1. The van der Waals surface area contributed by atoms with Crippen molar-refractivity contribution in [3.05, 3.63) is 41.7 Å². The van der Waals surface area contributed by atoms with Gasteiger partial charge in [0.15, 0.2) is 11.5 Å². The van der Waals surface area contributed by atoms with Crippen molar-refractivity contribution in [2.45, 2.75) is 43.8 Å². The fourth-order valence-corrected chi connectivity index (χ4v) is 3.27. The fourth-order valence-electron chi connectivity index (χ4n) is 2.76. The number of aliphatic hydroxyl groups is 1. The van der Waals surface area contributed by atoms with Gasteiger partial charge in [-0.15, -0.1) is 0 Å². The molecule has 0 bridgehead atoms. The van der Waals surface area contributed by atoms with Crippen LogP contribution in [0.2, 0.25) is 0 Å². The summed E-state index contributed by atoms with van der Waals surface area (Å²) in [7, 11) is -3.62. The zero-order valence-corrected chi connectivity index (χ0v) is 17.2. The van der Waals surface area contributed by atoms with E-state index in [0.717, 1.165) is 11.8 Å². The lowest BCUT2D eigenvalue weighted by molar-refractivity contribution is 0.273. The average molecular weight is 404 g/mol. The Morgan fingerprint density at radius 2 is 1.82 bits per heavy atom. The summed E-state index contributed by atoms with van der Waals surface area (Å²) >= 11 is 0. The summed E-state index contributed by atoms with van der Waals surface area (Å²) in [6.07, 6.45) is 1.61. The first-order valence-corrected chi connectivity index (χ1v) is 10.9. The van der Waals surface area contributed by atoms with Crippen molar-refractivity contribution < 1.29 is 13.5 Å². The lowest BCUT2D eigenvalue weighted by atomic mass is 9.96. The number of fused-ring (bicyclic) bond motifs is 1. The molecule has 0 saturated heterocycles. The number of anilines is 1. The Balaban J connectivity index is 2.05. The second kappa shape index (κ2) is 7.48. The highest BCUT2D eigenvalue weighted by Crippen LogP contribution is 2.26. The molecule has 0 spiro atoms. The van der Waals surface area contributed by atoms with E-state index in [2.05, 4.69) is 25.3 Å². The van der Waals surface area contributed by atoms with Crippen LogP contribution < -0.4 is 5.32 Å². The van der Waals surface area contributed by atoms with Crippen molar-refractivity contribution in [2.75, 3.05) is 18.2 Å². The molecule has 0 saturated carbocycles. The number of nitrogens with zero attached hydrogens (tertiary/aromatic N) is 3. The van der Waals surface area contributed by atoms with Gasteiger partial charge in [-0.2, -0.15) is 9.97 Å². The topological polar surface area (TPSA) is 121 Å². The standard InChI is InChI=1S/C19H25N5O3S/c1-19(2,3)17-21-14-15(23-18(28(4,26)27)24-16(14)22-17)20-13(11-25)10-12-8-6-5-7-9-12/h5-9,13,25H,10-11H2,1-4H3,(H2,20,21,22,23,24)/t13-/m1/s1. The molecular weight excluding hydrogens is 378 g/mol. The number of sulfone groups is 1.